The van der Waals surface area contributed by atoms with Gasteiger partial charge < -0.3 is 9.80 Å². The summed E-state index contributed by atoms with van der Waals surface area (Å²) in [5.41, 5.74) is 25.4. The average molecular weight is 1210 g/mol. The predicted molar refractivity (Wildman–Crippen MR) is 397 cm³/mol. The van der Waals surface area contributed by atoms with Crippen molar-refractivity contribution >= 4 is 108 Å². The normalized spacial score (nSPS) is 13.2. The van der Waals surface area contributed by atoms with Gasteiger partial charge in [-0.15, -0.1) is 22.7 Å². The van der Waals surface area contributed by atoms with Crippen LogP contribution < -0.4 is 9.80 Å². The molecule has 0 saturated carbocycles. The van der Waals surface area contributed by atoms with E-state index in [2.05, 4.69) is 353 Å². The van der Waals surface area contributed by atoms with Gasteiger partial charge >= 0.3 is 0 Å². The maximum absolute atomic E-state index is 2.47. The van der Waals surface area contributed by atoms with Crippen molar-refractivity contribution in [2.24, 2.45) is 0 Å². The van der Waals surface area contributed by atoms with Gasteiger partial charge in [0.05, 0.1) is 20.8 Å². The van der Waals surface area contributed by atoms with Gasteiger partial charge in [-0.2, -0.15) is 0 Å². The number of rotatable bonds is 9. The standard InChI is InChI=1S/C45H33NS.C43H31NS/c1-45(2)40-18-10-9-16-36(40)38-28-39-37-17-11-19-42(44(37)47-43(39)29-41(38)45)46(34-24-20-32(21-25-34)30-12-5-3-6-13-30)35-26-22-33(23-27-35)31-14-7-4-8-15-31;1-43(2)38-17-9-8-15-34(38)36-26-37-35-16-10-18-40(42(35)45-41(37)27-39(36)43)44(32-13-4-3-5-14-32)33-23-21-29(22-24-33)31-20-19-28-11-6-7-12-30(28)25-31/h3-29H,1-2H3;3-27H,1-2H3. The van der Waals surface area contributed by atoms with E-state index in [-0.39, 0.29) is 10.8 Å². The Morgan fingerprint density at radius 2 is 0.598 bits per heavy atom. The molecule has 0 bridgehead atoms. The Labute approximate surface area is 545 Å². The summed E-state index contributed by atoms with van der Waals surface area (Å²) in [6.45, 7) is 9.45. The Balaban J connectivity index is 0.000000141. The van der Waals surface area contributed by atoms with Crippen LogP contribution in [0.25, 0.3) is 107 Å². The zero-order chi connectivity index (χ0) is 61.7. The molecule has 0 radical (unpaired) electrons. The third-order valence-corrected chi connectivity index (χ3v) is 21.9. The van der Waals surface area contributed by atoms with Gasteiger partial charge in [-0.25, -0.2) is 0 Å². The van der Waals surface area contributed by atoms with Gasteiger partial charge in [0.1, 0.15) is 0 Å². The largest absolute Gasteiger partial charge is 0.309 e. The highest BCUT2D eigenvalue weighted by molar-refractivity contribution is 7.27. The third-order valence-electron chi connectivity index (χ3n) is 19.5. The molecule has 14 aromatic carbocycles. The van der Waals surface area contributed by atoms with Crippen molar-refractivity contribution in [3.63, 3.8) is 0 Å². The van der Waals surface area contributed by atoms with E-state index in [0.29, 0.717) is 0 Å². The molecular formula is C88H64N2S2. The fraction of sp³-hybridized carbons (Fsp3) is 0.0682. The van der Waals surface area contributed by atoms with Crippen molar-refractivity contribution in [3.05, 3.63) is 338 Å². The Morgan fingerprint density at radius 1 is 0.239 bits per heavy atom. The number of benzene rings is 14. The second kappa shape index (κ2) is 22.1. The van der Waals surface area contributed by atoms with Crippen molar-refractivity contribution < 1.29 is 0 Å². The molecule has 0 amide bonds. The molecule has 2 aromatic heterocycles. The number of hydrogen-bond donors (Lipinski definition) is 0. The molecule has 4 heteroatoms. The van der Waals surface area contributed by atoms with Crippen molar-refractivity contribution in [2.45, 2.75) is 38.5 Å². The molecule has 2 nitrogen and oxygen atoms in total. The number of thiophene rings is 2. The van der Waals surface area contributed by atoms with Crippen LogP contribution in [0, 0.1) is 0 Å². The molecule has 0 N–H and O–H groups in total. The van der Waals surface area contributed by atoms with Crippen LogP contribution in [0.5, 0.6) is 0 Å². The van der Waals surface area contributed by atoms with E-state index in [9.17, 15) is 0 Å². The summed E-state index contributed by atoms with van der Waals surface area (Å²) in [6, 6.07) is 116. The highest BCUT2D eigenvalue weighted by Crippen LogP contribution is 2.55. The SMILES string of the molecule is CC1(C)c2ccccc2-c2cc3c(cc21)sc1c(N(c2ccc(-c4ccccc4)cc2)c2ccc(-c4ccccc4)cc2)cccc13.CC1(C)c2ccccc2-c2cc3c(cc21)sc1c(N(c2ccccc2)c2ccc(-c4ccc5ccccc5c4)cc2)cccc13. The summed E-state index contributed by atoms with van der Waals surface area (Å²) in [6.07, 6.45) is 0. The maximum atomic E-state index is 2.47. The van der Waals surface area contributed by atoms with Gasteiger partial charge in [-0.3, -0.25) is 0 Å². The van der Waals surface area contributed by atoms with E-state index < -0.39 is 0 Å². The zero-order valence-corrected chi connectivity index (χ0v) is 53.4. The molecule has 92 heavy (non-hydrogen) atoms. The van der Waals surface area contributed by atoms with Gasteiger partial charge in [-0.05, 0) is 180 Å². The lowest BCUT2D eigenvalue weighted by molar-refractivity contribution is 0.661. The number of para-hydroxylation sites is 1. The van der Waals surface area contributed by atoms with E-state index in [1.54, 1.807) is 0 Å². The summed E-state index contributed by atoms with van der Waals surface area (Å²) >= 11 is 3.82. The van der Waals surface area contributed by atoms with Crippen LogP contribution in [-0.2, 0) is 10.8 Å². The van der Waals surface area contributed by atoms with Crippen LogP contribution in [0.1, 0.15) is 49.9 Å². The molecule has 2 aliphatic rings. The Morgan fingerprint density at radius 3 is 1.05 bits per heavy atom. The van der Waals surface area contributed by atoms with Gasteiger partial charge in [0, 0.05) is 64.5 Å². The Kier molecular flexibility index (Phi) is 13.3. The quantitative estimate of drug-likeness (QED) is 0.142. The van der Waals surface area contributed by atoms with Crippen molar-refractivity contribution in [2.75, 3.05) is 9.80 Å². The van der Waals surface area contributed by atoms with Crippen LogP contribution in [-0.4, -0.2) is 0 Å². The van der Waals surface area contributed by atoms with Crippen LogP contribution >= 0.6 is 22.7 Å². The summed E-state index contributed by atoms with van der Waals surface area (Å²) in [4.78, 5) is 4.84. The van der Waals surface area contributed by atoms with Crippen molar-refractivity contribution in [1.29, 1.82) is 0 Å². The van der Waals surface area contributed by atoms with Gasteiger partial charge in [0.2, 0.25) is 0 Å². The van der Waals surface area contributed by atoms with E-state index in [1.807, 2.05) is 22.7 Å². The van der Waals surface area contributed by atoms with Crippen molar-refractivity contribution in [1.82, 2.24) is 0 Å². The number of nitrogens with zero attached hydrogens (tertiary/aromatic N) is 2. The molecule has 438 valence electrons. The third kappa shape index (κ3) is 9.27. The second-order valence-corrected chi connectivity index (χ2v) is 27.7. The first kappa shape index (κ1) is 55.4. The predicted octanol–water partition coefficient (Wildman–Crippen LogP) is 25.8. The first-order chi connectivity index (χ1) is 45.1. The van der Waals surface area contributed by atoms with Gasteiger partial charge in [-0.1, -0.05) is 252 Å². The van der Waals surface area contributed by atoms with Crippen LogP contribution in [0.4, 0.5) is 34.1 Å². The van der Waals surface area contributed by atoms with Gasteiger partial charge in [0.15, 0.2) is 0 Å². The molecule has 2 heterocycles. The molecule has 0 saturated heterocycles. The number of hydrogen-bond acceptors (Lipinski definition) is 4. The lowest BCUT2D eigenvalue weighted by Gasteiger charge is -2.26. The highest BCUT2D eigenvalue weighted by atomic mass is 32.1. The van der Waals surface area contributed by atoms with Crippen LogP contribution in [0.2, 0.25) is 0 Å². The van der Waals surface area contributed by atoms with Crippen molar-refractivity contribution in [3.8, 4) is 55.6 Å². The first-order valence-corrected chi connectivity index (χ1v) is 33.5. The van der Waals surface area contributed by atoms with Gasteiger partial charge in [0.25, 0.3) is 0 Å². The van der Waals surface area contributed by atoms with E-state index in [0.717, 1.165) is 22.7 Å². The molecule has 18 rings (SSSR count). The summed E-state index contributed by atoms with van der Waals surface area (Å²) in [5, 5.41) is 7.81. The molecule has 0 spiro atoms. The monoisotopic (exact) mass is 1210 g/mol. The molecule has 16 aromatic rings. The minimum absolute atomic E-state index is 0.0119. The highest BCUT2D eigenvalue weighted by Gasteiger charge is 2.37. The summed E-state index contributed by atoms with van der Waals surface area (Å²) < 4.78 is 5.30. The minimum atomic E-state index is -0.0217. The lowest BCUT2D eigenvalue weighted by atomic mass is 9.82. The number of anilines is 6. The summed E-state index contributed by atoms with van der Waals surface area (Å²) in [7, 11) is 0. The minimum Gasteiger partial charge on any atom is -0.309 e. The molecule has 0 atom stereocenters. The van der Waals surface area contributed by atoms with E-state index in [1.165, 1.54) is 140 Å². The fourth-order valence-corrected chi connectivity index (χ4v) is 17.2. The smallest absolute Gasteiger partial charge is 0.0640 e. The lowest BCUT2D eigenvalue weighted by Crippen LogP contribution is -2.14. The molecular weight excluding hydrogens is 1150 g/mol. The van der Waals surface area contributed by atoms with E-state index in [4.69, 9.17) is 0 Å². The van der Waals surface area contributed by atoms with Crippen LogP contribution in [0.15, 0.2) is 315 Å². The molecule has 2 aliphatic carbocycles. The van der Waals surface area contributed by atoms with E-state index >= 15 is 0 Å². The van der Waals surface area contributed by atoms with Crippen LogP contribution in [0.3, 0.4) is 0 Å². The second-order valence-electron chi connectivity index (χ2n) is 25.6. The number of fused-ring (bicyclic) bond motifs is 13. The Hall–Kier alpha value is -10.6. The first-order valence-electron chi connectivity index (χ1n) is 31.9. The Bertz CT molecular complexity index is 5410. The topological polar surface area (TPSA) is 6.48 Å². The average Bonchev–Trinajstić information content (AvgIpc) is 1.57. The summed E-state index contributed by atoms with van der Waals surface area (Å²) in [5.74, 6) is 0. The zero-order valence-electron chi connectivity index (χ0n) is 51.7. The fourth-order valence-electron chi connectivity index (χ4n) is 14.8. The molecule has 0 unspecified atom stereocenters. The maximum Gasteiger partial charge on any atom is 0.0640 e. The molecule has 0 fully saturated rings. The molecule has 0 aliphatic heterocycles.